The molecule has 0 aliphatic carbocycles. The summed E-state index contributed by atoms with van der Waals surface area (Å²) < 4.78 is 1.80. The van der Waals surface area contributed by atoms with Crippen LogP contribution in [0.5, 0.6) is 0 Å². The summed E-state index contributed by atoms with van der Waals surface area (Å²) in [4.78, 5) is 0. The van der Waals surface area contributed by atoms with Gasteiger partial charge in [0.05, 0.1) is 23.0 Å². The highest BCUT2D eigenvalue weighted by atomic mass is 35.5. The van der Waals surface area contributed by atoms with Crippen molar-refractivity contribution in [3.8, 4) is 0 Å². The van der Waals surface area contributed by atoms with Gasteiger partial charge in [0.15, 0.2) is 0 Å². The van der Waals surface area contributed by atoms with E-state index in [1.807, 2.05) is 13.8 Å². The number of rotatable bonds is 3. The van der Waals surface area contributed by atoms with Gasteiger partial charge in [-0.3, -0.25) is 10.1 Å². The van der Waals surface area contributed by atoms with Gasteiger partial charge < -0.3 is 0 Å². The number of nitrogens with two attached hydrogens (primary N) is 1. The Bertz CT molecular complexity index is 505. The van der Waals surface area contributed by atoms with E-state index in [-0.39, 0.29) is 0 Å². The second-order valence-electron chi connectivity index (χ2n) is 3.29. The van der Waals surface area contributed by atoms with Crippen LogP contribution in [0.25, 0.3) is 0 Å². The predicted molar refractivity (Wildman–Crippen MR) is 63.5 cm³/mol. The Morgan fingerprint density at radius 2 is 2.19 bits per heavy atom. The van der Waals surface area contributed by atoms with Gasteiger partial charge in [-0.05, 0) is 13.8 Å². The van der Waals surface area contributed by atoms with Crippen LogP contribution in [0.15, 0.2) is 0 Å². The topological polar surface area (TPSA) is 81.7 Å². The zero-order valence-corrected chi connectivity index (χ0v) is 10.4. The average Bonchev–Trinajstić information content (AvgIpc) is 2.81. The third-order valence-electron chi connectivity index (χ3n) is 2.17. The molecule has 2 aromatic heterocycles. The first-order valence-corrected chi connectivity index (χ1v) is 5.79. The van der Waals surface area contributed by atoms with Crippen molar-refractivity contribution in [3.05, 3.63) is 21.4 Å². The smallest absolute Gasteiger partial charge is 0.219 e. The molecule has 0 saturated carbocycles. The number of halogens is 1. The van der Waals surface area contributed by atoms with Gasteiger partial charge in [0.25, 0.3) is 0 Å². The molecule has 0 aromatic carbocycles. The lowest BCUT2D eigenvalue weighted by Gasteiger charge is -1.99. The number of nitrogen functional groups attached to an aromatic ring is 1. The van der Waals surface area contributed by atoms with E-state index in [0.717, 1.165) is 16.4 Å². The lowest BCUT2D eigenvalue weighted by molar-refractivity contribution is 0.651. The highest BCUT2D eigenvalue weighted by molar-refractivity contribution is 7.15. The van der Waals surface area contributed by atoms with Crippen molar-refractivity contribution in [3.63, 3.8) is 0 Å². The summed E-state index contributed by atoms with van der Waals surface area (Å²) in [5.41, 5.74) is 4.20. The van der Waals surface area contributed by atoms with Gasteiger partial charge in [0.1, 0.15) is 5.01 Å². The van der Waals surface area contributed by atoms with Crippen LogP contribution in [0.3, 0.4) is 0 Å². The molecule has 86 valence electrons. The fourth-order valence-electron chi connectivity index (χ4n) is 1.33. The molecule has 2 heterocycles. The summed E-state index contributed by atoms with van der Waals surface area (Å²) in [6.07, 6.45) is 0. The Morgan fingerprint density at radius 1 is 1.44 bits per heavy atom. The number of aryl methyl sites for hydroxylation is 1. The second kappa shape index (κ2) is 4.36. The molecule has 3 N–H and O–H groups in total. The number of hydrogen-bond donors (Lipinski definition) is 2. The first kappa shape index (κ1) is 11.3. The van der Waals surface area contributed by atoms with Gasteiger partial charge in [0.2, 0.25) is 5.13 Å². The third kappa shape index (κ3) is 2.01. The normalized spacial score (nSPS) is 10.8. The van der Waals surface area contributed by atoms with Crippen LogP contribution >= 0.6 is 22.9 Å². The monoisotopic (exact) mass is 258 g/mol. The van der Waals surface area contributed by atoms with Crippen LogP contribution in [-0.4, -0.2) is 20.0 Å². The summed E-state index contributed by atoms with van der Waals surface area (Å²) in [6, 6.07) is 0. The minimum absolute atomic E-state index is 0.554. The van der Waals surface area contributed by atoms with E-state index in [0.29, 0.717) is 16.7 Å². The van der Waals surface area contributed by atoms with Gasteiger partial charge in [-0.25, -0.2) is 5.84 Å². The first-order chi connectivity index (χ1) is 7.61. The molecule has 6 nitrogen and oxygen atoms in total. The number of aromatic nitrogens is 4. The molecule has 0 unspecified atom stereocenters. The van der Waals surface area contributed by atoms with E-state index in [2.05, 4.69) is 20.7 Å². The standard InChI is InChI=1S/C8H11ClN6S/c1-4-7(9)5(2)15(14-4)3-6-12-13-8(11-10)16-6/h3,10H2,1-2H3,(H,11,13). The SMILES string of the molecule is Cc1nn(Cc2nnc(NN)s2)c(C)c1Cl. The minimum atomic E-state index is 0.554. The van der Waals surface area contributed by atoms with Crippen molar-refractivity contribution in [2.75, 3.05) is 5.43 Å². The lowest BCUT2D eigenvalue weighted by atomic mass is 10.4. The maximum Gasteiger partial charge on any atom is 0.219 e. The molecular formula is C8H11ClN6S. The van der Waals surface area contributed by atoms with Crippen LogP contribution in [0.1, 0.15) is 16.4 Å². The van der Waals surface area contributed by atoms with Crippen molar-refractivity contribution < 1.29 is 0 Å². The molecule has 0 fully saturated rings. The fraction of sp³-hybridized carbons (Fsp3) is 0.375. The predicted octanol–water partition coefficient (Wildman–Crippen LogP) is 1.34. The van der Waals surface area contributed by atoms with Crippen LogP contribution in [-0.2, 0) is 6.54 Å². The molecule has 0 aliphatic heterocycles. The van der Waals surface area contributed by atoms with Crippen molar-refractivity contribution >= 4 is 28.1 Å². The van der Waals surface area contributed by atoms with Crippen molar-refractivity contribution in [2.45, 2.75) is 20.4 Å². The van der Waals surface area contributed by atoms with Crippen molar-refractivity contribution in [1.82, 2.24) is 20.0 Å². The van der Waals surface area contributed by atoms with Gasteiger partial charge in [0, 0.05) is 0 Å². The third-order valence-corrected chi connectivity index (χ3v) is 3.55. The van der Waals surface area contributed by atoms with E-state index in [9.17, 15) is 0 Å². The van der Waals surface area contributed by atoms with Gasteiger partial charge in [-0.2, -0.15) is 5.10 Å². The molecule has 0 radical (unpaired) electrons. The van der Waals surface area contributed by atoms with Gasteiger partial charge in [-0.1, -0.05) is 22.9 Å². The molecule has 0 amide bonds. The number of hydrazine groups is 1. The maximum atomic E-state index is 6.05. The highest BCUT2D eigenvalue weighted by Gasteiger charge is 2.11. The Hall–Kier alpha value is -1.18. The zero-order valence-electron chi connectivity index (χ0n) is 8.86. The molecule has 2 aromatic rings. The molecule has 0 spiro atoms. The summed E-state index contributed by atoms with van der Waals surface area (Å²) in [5.74, 6) is 5.23. The molecule has 0 bridgehead atoms. The summed E-state index contributed by atoms with van der Waals surface area (Å²) in [5, 5.41) is 14.3. The van der Waals surface area contributed by atoms with Crippen LogP contribution in [0.4, 0.5) is 5.13 Å². The Balaban J connectivity index is 2.23. The zero-order chi connectivity index (χ0) is 11.7. The van der Waals surface area contributed by atoms with Gasteiger partial charge in [-0.15, -0.1) is 10.2 Å². The Labute approximate surface area is 101 Å². The number of hydrogen-bond acceptors (Lipinski definition) is 6. The number of nitrogens with zero attached hydrogens (tertiary/aromatic N) is 4. The molecule has 0 aliphatic rings. The van der Waals surface area contributed by atoms with E-state index in [4.69, 9.17) is 17.4 Å². The maximum absolute atomic E-state index is 6.05. The number of anilines is 1. The summed E-state index contributed by atoms with van der Waals surface area (Å²) in [7, 11) is 0. The van der Waals surface area contributed by atoms with Gasteiger partial charge >= 0.3 is 0 Å². The molecule has 2 rings (SSSR count). The average molecular weight is 259 g/mol. The van der Waals surface area contributed by atoms with E-state index >= 15 is 0 Å². The van der Waals surface area contributed by atoms with E-state index in [1.54, 1.807) is 4.68 Å². The summed E-state index contributed by atoms with van der Waals surface area (Å²) >= 11 is 7.44. The lowest BCUT2D eigenvalue weighted by Crippen LogP contribution is -2.05. The first-order valence-electron chi connectivity index (χ1n) is 4.60. The van der Waals surface area contributed by atoms with E-state index < -0.39 is 0 Å². The molecular weight excluding hydrogens is 248 g/mol. The van der Waals surface area contributed by atoms with Crippen LogP contribution in [0.2, 0.25) is 5.02 Å². The Morgan fingerprint density at radius 3 is 2.69 bits per heavy atom. The summed E-state index contributed by atoms with van der Waals surface area (Å²) in [6.45, 7) is 4.35. The molecule has 16 heavy (non-hydrogen) atoms. The van der Waals surface area contributed by atoms with Crippen LogP contribution < -0.4 is 11.3 Å². The van der Waals surface area contributed by atoms with Crippen molar-refractivity contribution in [2.24, 2.45) is 5.84 Å². The molecule has 8 heteroatoms. The van der Waals surface area contributed by atoms with E-state index in [1.165, 1.54) is 11.3 Å². The molecule has 0 saturated heterocycles. The largest absolute Gasteiger partial charge is 0.298 e. The minimum Gasteiger partial charge on any atom is -0.298 e. The highest BCUT2D eigenvalue weighted by Crippen LogP contribution is 2.21. The second-order valence-corrected chi connectivity index (χ2v) is 4.73. The number of nitrogens with one attached hydrogen (secondary N) is 1. The van der Waals surface area contributed by atoms with Crippen molar-refractivity contribution in [1.29, 1.82) is 0 Å². The van der Waals surface area contributed by atoms with Crippen LogP contribution in [0, 0.1) is 13.8 Å². The fourth-order valence-corrected chi connectivity index (χ4v) is 2.10. The Kier molecular flexibility index (Phi) is 3.08. The molecule has 0 atom stereocenters. The quantitative estimate of drug-likeness (QED) is 0.641.